The molecular weight excluding hydrogens is 298 g/mol. The minimum atomic E-state index is -0.409. The van der Waals surface area contributed by atoms with Crippen LogP contribution in [0.25, 0.3) is 0 Å². The minimum Gasteiger partial charge on any atom is -0.366 e. The van der Waals surface area contributed by atoms with Crippen molar-refractivity contribution < 1.29 is 14.5 Å². The van der Waals surface area contributed by atoms with Crippen LogP contribution in [-0.2, 0) is 16.0 Å². The summed E-state index contributed by atoms with van der Waals surface area (Å²) in [6, 6.07) is 3.28. The molecule has 1 N–H and O–H groups in total. The number of hydrogen-bond donors (Lipinski definition) is 1. The van der Waals surface area contributed by atoms with E-state index in [-0.39, 0.29) is 23.3 Å². The SMILES string of the molecule is CC(=O)C1CCN(c2cc3c(cc2[N+](=O)[O-])NC(=O)CC3)CC1. The number of nitro benzene ring substituents is 1. The van der Waals surface area contributed by atoms with Crippen LogP contribution in [0.15, 0.2) is 12.1 Å². The van der Waals surface area contributed by atoms with Gasteiger partial charge in [-0.1, -0.05) is 0 Å². The number of carbonyl (C=O) groups excluding carboxylic acids is 2. The van der Waals surface area contributed by atoms with E-state index in [2.05, 4.69) is 5.32 Å². The van der Waals surface area contributed by atoms with Crippen LogP contribution in [0.5, 0.6) is 0 Å². The fourth-order valence-electron chi connectivity index (χ4n) is 3.33. The molecule has 0 bridgehead atoms. The molecule has 2 aliphatic heterocycles. The van der Waals surface area contributed by atoms with Gasteiger partial charge in [0, 0.05) is 31.5 Å². The first-order valence-electron chi connectivity index (χ1n) is 7.82. The van der Waals surface area contributed by atoms with E-state index in [0.29, 0.717) is 37.3 Å². The van der Waals surface area contributed by atoms with Gasteiger partial charge in [0.2, 0.25) is 5.91 Å². The fraction of sp³-hybridized carbons (Fsp3) is 0.500. The highest BCUT2D eigenvalue weighted by Gasteiger charge is 2.29. The van der Waals surface area contributed by atoms with Crippen LogP contribution in [0.2, 0.25) is 0 Å². The normalized spacial score (nSPS) is 18.3. The number of Topliss-reactive ketones (excluding diaryl/α,β-unsaturated/α-hetero) is 1. The molecule has 0 aliphatic carbocycles. The quantitative estimate of drug-likeness (QED) is 0.682. The van der Waals surface area contributed by atoms with Gasteiger partial charge in [-0.2, -0.15) is 0 Å². The lowest BCUT2D eigenvalue weighted by Crippen LogP contribution is -2.36. The van der Waals surface area contributed by atoms with Gasteiger partial charge in [-0.15, -0.1) is 0 Å². The lowest BCUT2D eigenvalue weighted by atomic mass is 9.92. The van der Waals surface area contributed by atoms with Crippen molar-refractivity contribution in [1.29, 1.82) is 0 Å². The van der Waals surface area contributed by atoms with Crippen molar-refractivity contribution in [2.24, 2.45) is 5.92 Å². The number of nitrogens with zero attached hydrogens (tertiary/aromatic N) is 2. The van der Waals surface area contributed by atoms with Crippen LogP contribution >= 0.6 is 0 Å². The lowest BCUT2D eigenvalue weighted by Gasteiger charge is -2.33. The number of benzene rings is 1. The Bertz CT molecular complexity index is 678. The van der Waals surface area contributed by atoms with Gasteiger partial charge >= 0.3 is 0 Å². The smallest absolute Gasteiger partial charge is 0.294 e. The van der Waals surface area contributed by atoms with Gasteiger partial charge in [-0.3, -0.25) is 19.7 Å². The van der Waals surface area contributed by atoms with Crippen LogP contribution in [0.3, 0.4) is 0 Å². The van der Waals surface area contributed by atoms with Gasteiger partial charge in [0.1, 0.15) is 11.5 Å². The molecule has 0 aromatic heterocycles. The third-order valence-electron chi connectivity index (χ3n) is 4.70. The first kappa shape index (κ1) is 15.5. The van der Waals surface area contributed by atoms with E-state index in [1.807, 2.05) is 11.0 Å². The average molecular weight is 317 g/mol. The number of rotatable bonds is 3. The molecule has 1 saturated heterocycles. The van der Waals surface area contributed by atoms with Gasteiger partial charge < -0.3 is 10.2 Å². The average Bonchev–Trinajstić information content (AvgIpc) is 2.53. The van der Waals surface area contributed by atoms with Gasteiger partial charge in [-0.25, -0.2) is 0 Å². The molecule has 0 saturated carbocycles. The van der Waals surface area contributed by atoms with Crippen molar-refractivity contribution in [1.82, 2.24) is 0 Å². The number of amides is 1. The van der Waals surface area contributed by atoms with E-state index < -0.39 is 4.92 Å². The van der Waals surface area contributed by atoms with E-state index >= 15 is 0 Å². The number of nitro groups is 1. The first-order valence-corrected chi connectivity index (χ1v) is 7.82. The maximum absolute atomic E-state index is 11.5. The summed E-state index contributed by atoms with van der Waals surface area (Å²) in [5.41, 5.74) is 2.06. The Hall–Kier alpha value is -2.44. The summed E-state index contributed by atoms with van der Waals surface area (Å²) in [6.45, 7) is 2.87. The van der Waals surface area contributed by atoms with Crippen molar-refractivity contribution in [2.45, 2.75) is 32.6 Å². The van der Waals surface area contributed by atoms with Crippen LogP contribution < -0.4 is 10.2 Å². The minimum absolute atomic E-state index is 0.00669. The molecule has 0 spiro atoms. The van der Waals surface area contributed by atoms with Crippen LogP contribution in [0.1, 0.15) is 31.7 Å². The molecule has 23 heavy (non-hydrogen) atoms. The molecule has 1 aromatic rings. The van der Waals surface area contributed by atoms with Gasteiger partial charge in [0.05, 0.1) is 10.6 Å². The summed E-state index contributed by atoms with van der Waals surface area (Å²) in [6.07, 6.45) is 2.44. The molecule has 3 rings (SSSR count). The number of piperidine rings is 1. The predicted octanol–water partition coefficient (Wildman–Crippen LogP) is 2.28. The Morgan fingerprint density at radius 1 is 1.30 bits per heavy atom. The highest BCUT2D eigenvalue weighted by molar-refractivity contribution is 5.95. The topological polar surface area (TPSA) is 92.6 Å². The largest absolute Gasteiger partial charge is 0.366 e. The summed E-state index contributed by atoms with van der Waals surface area (Å²) in [4.78, 5) is 35.9. The lowest BCUT2D eigenvalue weighted by molar-refractivity contribution is -0.384. The second-order valence-electron chi connectivity index (χ2n) is 6.18. The molecule has 1 amide bonds. The molecule has 0 radical (unpaired) electrons. The van der Waals surface area contributed by atoms with Crippen LogP contribution in [-0.4, -0.2) is 29.7 Å². The second-order valence-corrected chi connectivity index (χ2v) is 6.18. The molecule has 0 atom stereocenters. The first-order chi connectivity index (χ1) is 11.0. The summed E-state index contributed by atoms with van der Waals surface area (Å²) in [7, 11) is 0. The molecule has 7 heteroatoms. The van der Waals surface area contributed by atoms with E-state index in [9.17, 15) is 19.7 Å². The Labute approximate surface area is 133 Å². The fourth-order valence-corrected chi connectivity index (χ4v) is 3.33. The van der Waals surface area contributed by atoms with Gasteiger partial charge in [0.15, 0.2) is 0 Å². The van der Waals surface area contributed by atoms with Crippen molar-refractivity contribution in [3.05, 3.63) is 27.8 Å². The molecule has 122 valence electrons. The second kappa shape index (κ2) is 5.98. The molecule has 0 unspecified atom stereocenters. The van der Waals surface area contributed by atoms with E-state index in [0.717, 1.165) is 18.4 Å². The van der Waals surface area contributed by atoms with Crippen LogP contribution in [0, 0.1) is 16.0 Å². The Kier molecular flexibility index (Phi) is 4.02. The zero-order valence-corrected chi connectivity index (χ0v) is 13.0. The number of aryl methyl sites for hydroxylation is 1. The predicted molar refractivity (Wildman–Crippen MR) is 85.7 cm³/mol. The molecule has 2 heterocycles. The third kappa shape index (κ3) is 3.04. The van der Waals surface area contributed by atoms with E-state index in [1.165, 1.54) is 6.07 Å². The molecular formula is C16H19N3O4. The molecule has 1 fully saturated rings. The summed E-state index contributed by atoms with van der Waals surface area (Å²) < 4.78 is 0. The maximum atomic E-state index is 11.5. The van der Waals surface area contributed by atoms with Crippen molar-refractivity contribution >= 4 is 28.8 Å². The van der Waals surface area contributed by atoms with Gasteiger partial charge in [-0.05, 0) is 37.8 Å². The number of anilines is 2. The van der Waals surface area contributed by atoms with E-state index in [1.54, 1.807) is 6.92 Å². The highest BCUT2D eigenvalue weighted by atomic mass is 16.6. The monoisotopic (exact) mass is 317 g/mol. The number of ketones is 1. The van der Waals surface area contributed by atoms with E-state index in [4.69, 9.17) is 0 Å². The number of nitrogens with one attached hydrogen (secondary N) is 1. The Morgan fingerprint density at radius 2 is 2.00 bits per heavy atom. The molecule has 1 aromatic carbocycles. The molecule has 2 aliphatic rings. The summed E-state index contributed by atoms with van der Waals surface area (Å²) in [5.74, 6) is 0.136. The van der Waals surface area contributed by atoms with Gasteiger partial charge in [0.25, 0.3) is 5.69 Å². The Morgan fingerprint density at radius 3 is 2.61 bits per heavy atom. The Balaban J connectivity index is 1.91. The molecule has 7 nitrogen and oxygen atoms in total. The number of fused-ring (bicyclic) bond motifs is 1. The summed E-state index contributed by atoms with van der Waals surface area (Å²) >= 11 is 0. The van der Waals surface area contributed by atoms with Crippen molar-refractivity contribution in [3.63, 3.8) is 0 Å². The van der Waals surface area contributed by atoms with Crippen molar-refractivity contribution in [2.75, 3.05) is 23.3 Å². The number of carbonyl (C=O) groups is 2. The van der Waals surface area contributed by atoms with Crippen molar-refractivity contribution in [3.8, 4) is 0 Å². The maximum Gasteiger partial charge on any atom is 0.294 e. The highest BCUT2D eigenvalue weighted by Crippen LogP contribution is 2.37. The number of hydrogen-bond acceptors (Lipinski definition) is 5. The van der Waals surface area contributed by atoms with Crippen LogP contribution in [0.4, 0.5) is 17.1 Å². The third-order valence-corrected chi connectivity index (χ3v) is 4.70. The summed E-state index contributed by atoms with van der Waals surface area (Å²) in [5, 5.41) is 14.1. The standard InChI is InChI=1S/C16H19N3O4/c1-10(20)11-4-6-18(7-5-11)14-8-12-2-3-16(21)17-13(12)9-15(14)19(22)23/h8-9,11H,2-7H2,1H3,(H,17,21). The zero-order chi connectivity index (χ0) is 16.6. The zero-order valence-electron chi connectivity index (χ0n) is 13.0.